The minimum Gasteiger partial charge on any atom is -0.343 e. The van der Waals surface area contributed by atoms with Crippen LogP contribution in [-0.4, -0.2) is 33.0 Å². The molecule has 0 aliphatic heterocycles. The van der Waals surface area contributed by atoms with Crippen molar-refractivity contribution in [2.24, 2.45) is 0 Å². The average Bonchev–Trinajstić information content (AvgIpc) is 2.55. The number of carbonyl (C=O) groups is 2. The van der Waals surface area contributed by atoms with Crippen molar-refractivity contribution >= 4 is 38.9 Å². The lowest BCUT2D eigenvalue weighted by Gasteiger charge is -2.12. The standard InChI is InChI=1S/C18H19ClN2O4S/c1-11-5-4-6-12(2)17(11)21-16(22)10-20-18(23)13-7-8-14(19)15(9-13)26(3,24)25/h4-9H,10H2,1-3H3,(H,20,23)(H,21,22). The Morgan fingerprint density at radius 3 is 2.27 bits per heavy atom. The molecule has 0 bridgehead atoms. The summed E-state index contributed by atoms with van der Waals surface area (Å²) in [5.41, 5.74) is 2.65. The van der Waals surface area contributed by atoms with Crippen LogP contribution in [0.5, 0.6) is 0 Å². The molecule has 0 aromatic heterocycles. The minimum atomic E-state index is -3.56. The summed E-state index contributed by atoms with van der Waals surface area (Å²) < 4.78 is 23.4. The number of hydrogen-bond donors (Lipinski definition) is 2. The molecule has 0 saturated carbocycles. The lowest BCUT2D eigenvalue weighted by molar-refractivity contribution is -0.115. The Morgan fingerprint density at radius 2 is 1.69 bits per heavy atom. The van der Waals surface area contributed by atoms with E-state index < -0.39 is 15.7 Å². The summed E-state index contributed by atoms with van der Waals surface area (Å²) in [6, 6.07) is 9.57. The summed E-state index contributed by atoms with van der Waals surface area (Å²) in [5, 5.41) is 5.27. The van der Waals surface area contributed by atoms with Gasteiger partial charge < -0.3 is 10.6 Å². The fraction of sp³-hybridized carbons (Fsp3) is 0.222. The number of rotatable bonds is 5. The van der Waals surface area contributed by atoms with E-state index in [1.807, 2.05) is 32.0 Å². The summed E-state index contributed by atoms with van der Waals surface area (Å²) in [7, 11) is -3.56. The third-order valence-corrected chi connectivity index (χ3v) is 5.33. The number of hydrogen-bond acceptors (Lipinski definition) is 4. The molecule has 0 heterocycles. The number of sulfone groups is 1. The van der Waals surface area contributed by atoms with E-state index in [-0.39, 0.29) is 27.9 Å². The van der Waals surface area contributed by atoms with Gasteiger partial charge in [0.15, 0.2) is 9.84 Å². The number of amides is 2. The fourth-order valence-corrected chi connectivity index (χ4v) is 3.69. The van der Waals surface area contributed by atoms with E-state index in [1.165, 1.54) is 18.2 Å². The minimum absolute atomic E-state index is 0.0387. The van der Waals surface area contributed by atoms with Gasteiger partial charge in [-0.3, -0.25) is 9.59 Å². The van der Waals surface area contributed by atoms with Crippen LogP contribution < -0.4 is 10.6 Å². The van der Waals surface area contributed by atoms with Gasteiger partial charge in [-0.2, -0.15) is 0 Å². The van der Waals surface area contributed by atoms with Crippen LogP contribution in [0.1, 0.15) is 21.5 Å². The average molecular weight is 395 g/mol. The van der Waals surface area contributed by atoms with Gasteiger partial charge in [-0.25, -0.2) is 8.42 Å². The topological polar surface area (TPSA) is 92.3 Å². The van der Waals surface area contributed by atoms with Crippen molar-refractivity contribution in [1.82, 2.24) is 5.32 Å². The molecule has 0 atom stereocenters. The number of para-hydroxylation sites is 1. The van der Waals surface area contributed by atoms with Gasteiger partial charge in [0.05, 0.1) is 16.5 Å². The first-order valence-corrected chi connectivity index (χ1v) is 10.0. The van der Waals surface area contributed by atoms with E-state index in [4.69, 9.17) is 11.6 Å². The zero-order chi connectivity index (χ0) is 19.5. The predicted molar refractivity (Wildman–Crippen MR) is 101 cm³/mol. The number of benzene rings is 2. The lowest BCUT2D eigenvalue weighted by Crippen LogP contribution is -2.33. The number of anilines is 1. The summed E-state index contributed by atoms with van der Waals surface area (Å²) in [6.07, 6.45) is 1.01. The molecule has 0 fully saturated rings. The Kier molecular flexibility index (Phi) is 6.05. The van der Waals surface area contributed by atoms with Gasteiger partial charge in [-0.15, -0.1) is 0 Å². The highest BCUT2D eigenvalue weighted by Crippen LogP contribution is 2.22. The third kappa shape index (κ3) is 4.83. The molecule has 2 N–H and O–H groups in total. The van der Waals surface area contributed by atoms with Gasteiger partial charge >= 0.3 is 0 Å². The van der Waals surface area contributed by atoms with Crippen molar-refractivity contribution < 1.29 is 18.0 Å². The number of nitrogens with one attached hydrogen (secondary N) is 2. The van der Waals surface area contributed by atoms with Crippen LogP contribution in [0.15, 0.2) is 41.3 Å². The molecular weight excluding hydrogens is 376 g/mol. The van der Waals surface area contributed by atoms with Crippen LogP contribution in [0.25, 0.3) is 0 Å². The molecule has 0 aliphatic rings. The molecule has 2 rings (SSSR count). The van der Waals surface area contributed by atoms with Crippen LogP contribution in [-0.2, 0) is 14.6 Å². The van der Waals surface area contributed by atoms with E-state index in [0.717, 1.165) is 17.4 Å². The highest BCUT2D eigenvalue weighted by atomic mass is 35.5. The SMILES string of the molecule is Cc1cccc(C)c1NC(=O)CNC(=O)c1ccc(Cl)c(S(C)(=O)=O)c1. The molecule has 0 saturated heterocycles. The van der Waals surface area contributed by atoms with Gasteiger partial charge in [0.1, 0.15) is 0 Å². The van der Waals surface area contributed by atoms with Crippen molar-refractivity contribution in [2.75, 3.05) is 18.1 Å². The van der Waals surface area contributed by atoms with Crippen LogP contribution >= 0.6 is 11.6 Å². The maximum Gasteiger partial charge on any atom is 0.251 e. The Labute approximate surface area is 157 Å². The molecule has 2 amide bonds. The molecule has 138 valence electrons. The van der Waals surface area contributed by atoms with Crippen molar-refractivity contribution in [3.63, 3.8) is 0 Å². The maximum atomic E-state index is 12.2. The highest BCUT2D eigenvalue weighted by Gasteiger charge is 2.16. The van der Waals surface area contributed by atoms with Gasteiger partial charge in [0.2, 0.25) is 5.91 Å². The first-order valence-electron chi connectivity index (χ1n) is 7.73. The highest BCUT2D eigenvalue weighted by molar-refractivity contribution is 7.90. The summed E-state index contributed by atoms with van der Waals surface area (Å²) in [6.45, 7) is 3.51. The van der Waals surface area contributed by atoms with Gasteiger partial charge in [-0.1, -0.05) is 29.8 Å². The lowest BCUT2D eigenvalue weighted by atomic mass is 10.1. The molecule has 0 aliphatic carbocycles. The summed E-state index contributed by atoms with van der Waals surface area (Å²) in [5.74, 6) is -0.948. The number of aryl methyl sites for hydroxylation is 2. The second-order valence-electron chi connectivity index (χ2n) is 5.92. The monoisotopic (exact) mass is 394 g/mol. The largest absolute Gasteiger partial charge is 0.343 e. The quantitative estimate of drug-likeness (QED) is 0.815. The predicted octanol–water partition coefficient (Wildman–Crippen LogP) is 2.73. The fourth-order valence-electron chi connectivity index (χ4n) is 2.39. The molecule has 0 spiro atoms. The van der Waals surface area contributed by atoms with E-state index in [9.17, 15) is 18.0 Å². The van der Waals surface area contributed by atoms with Crippen molar-refractivity contribution in [3.05, 3.63) is 58.1 Å². The van der Waals surface area contributed by atoms with Crippen LogP contribution in [0, 0.1) is 13.8 Å². The van der Waals surface area contributed by atoms with Crippen molar-refractivity contribution in [3.8, 4) is 0 Å². The van der Waals surface area contributed by atoms with Gasteiger partial charge in [0, 0.05) is 17.5 Å². The molecule has 26 heavy (non-hydrogen) atoms. The third-order valence-electron chi connectivity index (χ3n) is 3.75. The van der Waals surface area contributed by atoms with Crippen LogP contribution in [0.4, 0.5) is 5.69 Å². The molecule has 6 nitrogen and oxygen atoms in total. The molecule has 2 aromatic rings. The smallest absolute Gasteiger partial charge is 0.251 e. The van der Waals surface area contributed by atoms with Crippen LogP contribution in [0.2, 0.25) is 5.02 Å². The van der Waals surface area contributed by atoms with Gasteiger partial charge in [0.25, 0.3) is 5.91 Å². The van der Waals surface area contributed by atoms with Crippen molar-refractivity contribution in [2.45, 2.75) is 18.7 Å². The van der Waals surface area contributed by atoms with E-state index in [2.05, 4.69) is 10.6 Å². The Morgan fingerprint density at radius 1 is 1.08 bits per heavy atom. The van der Waals surface area contributed by atoms with E-state index in [0.29, 0.717) is 5.69 Å². The van der Waals surface area contributed by atoms with Gasteiger partial charge in [-0.05, 0) is 43.2 Å². The number of halogens is 1. The molecule has 2 aromatic carbocycles. The zero-order valence-electron chi connectivity index (χ0n) is 14.6. The zero-order valence-corrected chi connectivity index (χ0v) is 16.2. The second-order valence-corrected chi connectivity index (χ2v) is 8.31. The van der Waals surface area contributed by atoms with E-state index >= 15 is 0 Å². The first-order chi connectivity index (χ1) is 12.1. The normalized spacial score (nSPS) is 11.1. The molecule has 0 radical (unpaired) electrons. The Bertz CT molecular complexity index is 951. The second kappa shape index (κ2) is 7.88. The molecule has 8 heteroatoms. The van der Waals surface area contributed by atoms with Crippen molar-refractivity contribution in [1.29, 1.82) is 0 Å². The Hall–Kier alpha value is -2.38. The van der Waals surface area contributed by atoms with E-state index in [1.54, 1.807) is 0 Å². The maximum absolute atomic E-state index is 12.2. The molecule has 0 unspecified atom stereocenters. The first kappa shape index (κ1) is 19.9. The van der Waals surface area contributed by atoms with Crippen LogP contribution in [0.3, 0.4) is 0 Å². The molecular formula is C18H19ClN2O4S. The summed E-state index contributed by atoms with van der Waals surface area (Å²) >= 11 is 5.86. The Balaban J connectivity index is 2.06. The number of carbonyl (C=O) groups excluding carboxylic acids is 2. The summed E-state index contributed by atoms with van der Waals surface area (Å²) in [4.78, 5) is 24.2.